The van der Waals surface area contributed by atoms with Crippen LogP contribution in [0.3, 0.4) is 0 Å². The summed E-state index contributed by atoms with van der Waals surface area (Å²) in [5.41, 5.74) is 13.9. The second-order valence-electron chi connectivity index (χ2n) is 12.6. The first-order chi connectivity index (χ1) is 24.4. The average molecular weight is 645 g/mol. The third kappa shape index (κ3) is 5.61. The summed E-state index contributed by atoms with van der Waals surface area (Å²) in [4.78, 5) is 2.41. The van der Waals surface area contributed by atoms with Crippen LogP contribution in [0.2, 0.25) is 0 Å². The van der Waals surface area contributed by atoms with Crippen molar-refractivity contribution in [2.75, 3.05) is 4.90 Å². The van der Waals surface area contributed by atoms with Crippen molar-refractivity contribution in [1.29, 1.82) is 0 Å². The maximum atomic E-state index is 4.56. The number of allylic oxidation sites excluding steroid dienone is 10. The van der Waals surface area contributed by atoms with Crippen LogP contribution in [0.4, 0.5) is 5.69 Å². The molecule has 0 spiro atoms. The molecule has 2 unspecified atom stereocenters. The van der Waals surface area contributed by atoms with Crippen molar-refractivity contribution in [1.82, 2.24) is 4.57 Å². The lowest BCUT2D eigenvalue weighted by Gasteiger charge is -2.33. The summed E-state index contributed by atoms with van der Waals surface area (Å²) in [6, 6.07) is 37.0. The molecule has 0 radical (unpaired) electrons. The van der Waals surface area contributed by atoms with E-state index in [0.29, 0.717) is 0 Å². The van der Waals surface area contributed by atoms with E-state index >= 15 is 0 Å². The Balaban J connectivity index is 1.32. The van der Waals surface area contributed by atoms with Crippen LogP contribution in [0.25, 0.3) is 33.8 Å². The largest absolute Gasteiger partial charge is 0.333 e. The van der Waals surface area contributed by atoms with Crippen molar-refractivity contribution < 1.29 is 0 Å². The van der Waals surface area contributed by atoms with Gasteiger partial charge in [0.1, 0.15) is 0 Å². The molecule has 0 N–H and O–H groups in total. The van der Waals surface area contributed by atoms with Gasteiger partial charge in [-0.25, -0.2) is 0 Å². The Morgan fingerprint density at radius 2 is 1.36 bits per heavy atom. The highest BCUT2D eigenvalue weighted by molar-refractivity contribution is 5.94. The topological polar surface area (TPSA) is 8.17 Å². The number of hydrogen-bond acceptors (Lipinski definition) is 1. The molecule has 2 aliphatic rings. The van der Waals surface area contributed by atoms with Gasteiger partial charge in [-0.2, -0.15) is 0 Å². The first-order valence-corrected chi connectivity index (χ1v) is 16.8. The second kappa shape index (κ2) is 13.6. The second-order valence-corrected chi connectivity index (χ2v) is 12.6. The normalized spacial score (nSPS) is 16.3. The molecule has 1 aliphatic carbocycles. The minimum atomic E-state index is 0.0216. The predicted molar refractivity (Wildman–Crippen MR) is 216 cm³/mol. The molecule has 242 valence electrons. The number of nitrogens with zero attached hydrogens (tertiary/aromatic N) is 2. The molecular weight excluding hydrogens is 605 g/mol. The highest BCUT2D eigenvalue weighted by Gasteiger charge is 2.44. The van der Waals surface area contributed by atoms with Crippen molar-refractivity contribution in [3.8, 4) is 16.8 Å². The van der Waals surface area contributed by atoms with Gasteiger partial charge < -0.3 is 9.47 Å². The molecule has 0 fully saturated rings. The van der Waals surface area contributed by atoms with Gasteiger partial charge in [0.25, 0.3) is 0 Å². The van der Waals surface area contributed by atoms with Crippen molar-refractivity contribution in [3.05, 3.63) is 236 Å². The summed E-state index contributed by atoms with van der Waals surface area (Å²) in [5.74, 6) is 0.0965. The van der Waals surface area contributed by atoms with E-state index in [1.54, 1.807) is 6.08 Å². The number of anilines is 1. The molecule has 0 saturated heterocycles. The molecular formula is C48H40N2. The third-order valence-corrected chi connectivity index (χ3v) is 9.66. The van der Waals surface area contributed by atoms with Crippen LogP contribution in [0.1, 0.15) is 22.7 Å². The van der Waals surface area contributed by atoms with Crippen LogP contribution in [-0.4, -0.2) is 10.6 Å². The molecule has 2 heterocycles. The fraction of sp³-hybridized carbons (Fsp3) is 0.0417. The Hall–Kier alpha value is -6.38. The van der Waals surface area contributed by atoms with E-state index in [0.717, 1.165) is 39.4 Å². The molecule has 2 atom stereocenters. The number of rotatable bonds is 11. The number of hydrogen-bond donors (Lipinski definition) is 0. The lowest BCUT2D eigenvalue weighted by Crippen LogP contribution is -2.34. The molecule has 0 saturated carbocycles. The molecule has 2 nitrogen and oxygen atoms in total. The SMILES string of the molecule is C=C/C=C\C(=C)C(=C)/C=C\C(=C)C(=C)/C(=C\C=C)N1c2ccccc2C2c3c(n(-c4cccc(-c5ccccc5)c4)c4ccccc34)C=CC21. The van der Waals surface area contributed by atoms with E-state index in [9.17, 15) is 0 Å². The standard InChI is InChI=1S/C48H40N2/c1-7-9-19-33(3)34(4)28-29-35(5)36(6)42(18-8-2)50-44-27-16-14-25-41(44)48-46(50)31-30-45-47(48)40-24-13-15-26-43(40)49(45)39-23-17-22-38(32-39)37-20-11-10-12-21-37/h7-32,46,48H,1-6H2/b19-9-,29-28-,42-18+. The quantitative estimate of drug-likeness (QED) is 0.130. The van der Waals surface area contributed by atoms with Gasteiger partial charge in [0, 0.05) is 28.4 Å². The van der Waals surface area contributed by atoms with Gasteiger partial charge in [0.05, 0.1) is 17.3 Å². The van der Waals surface area contributed by atoms with Gasteiger partial charge >= 0.3 is 0 Å². The Bertz CT molecular complexity index is 2330. The smallest absolute Gasteiger partial charge is 0.0637 e. The van der Waals surface area contributed by atoms with Gasteiger partial charge in [-0.05, 0) is 81.0 Å². The highest BCUT2D eigenvalue weighted by atomic mass is 15.2. The zero-order valence-electron chi connectivity index (χ0n) is 28.3. The molecule has 0 amide bonds. The highest BCUT2D eigenvalue weighted by Crippen LogP contribution is 2.53. The van der Waals surface area contributed by atoms with Crippen molar-refractivity contribution in [2.24, 2.45) is 0 Å². The van der Waals surface area contributed by atoms with Crippen molar-refractivity contribution in [3.63, 3.8) is 0 Å². The number of benzene rings is 4. The minimum absolute atomic E-state index is 0.0216. The van der Waals surface area contributed by atoms with Gasteiger partial charge in [-0.15, -0.1) is 0 Å². The van der Waals surface area contributed by atoms with Crippen LogP contribution in [-0.2, 0) is 0 Å². The van der Waals surface area contributed by atoms with Crippen LogP contribution in [0, 0.1) is 0 Å². The number of aromatic nitrogens is 1. The summed E-state index contributed by atoms with van der Waals surface area (Å²) >= 11 is 0. The molecule has 1 aromatic heterocycles. The molecule has 2 heteroatoms. The monoisotopic (exact) mass is 644 g/mol. The van der Waals surface area contributed by atoms with E-state index in [-0.39, 0.29) is 12.0 Å². The first kappa shape index (κ1) is 32.2. The first-order valence-electron chi connectivity index (χ1n) is 16.8. The van der Waals surface area contributed by atoms with Crippen LogP contribution >= 0.6 is 0 Å². The average Bonchev–Trinajstić information content (AvgIpc) is 3.67. The lowest BCUT2D eigenvalue weighted by molar-refractivity contribution is 0.710. The molecule has 5 aromatic rings. The Kier molecular flexibility index (Phi) is 8.77. The van der Waals surface area contributed by atoms with Crippen LogP contribution < -0.4 is 4.90 Å². The summed E-state index contributed by atoms with van der Waals surface area (Å²) in [6.07, 6.45) is 17.9. The molecule has 0 bridgehead atoms. The third-order valence-electron chi connectivity index (χ3n) is 9.66. The van der Waals surface area contributed by atoms with Crippen LogP contribution in [0.5, 0.6) is 0 Å². The minimum Gasteiger partial charge on any atom is -0.333 e. The fourth-order valence-electron chi connectivity index (χ4n) is 7.28. The van der Waals surface area contributed by atoms with Gasteiger partial charge in [0.2, 0.25) is 0 Å². The summed E-state index contributed by atoms with van der Waals surface area (Å²) in [7, 11) is 0. The van der Waals surface area contributed by atoms with Gasteiger partial charge in [-0.3, -0.25) is 0 Å². The Labute approximate surface area is 296 Å². The maximum absolute atomic E-state index is 4.56. The summed E-state index contributed by atoms with van der Waals surface area (Å²) in [5, 5.41) is 1.26. The fourth-order valence-corrected chi connectivity index (χ4v) is 7.28. The molecule has 50 heavy (non-hydrogen) atoms. The predicted octanol–water partition coefficient (Wildman–Crippen LogP) is 12.2. The summed E-state index contributed by atoms with van der Waals surface area (Å²) in [6.45, 7) is 25.1. The molecule has 1 aliphatic heterocycles. The molecule has 4 aromatic carbocycles. The Morgan fingerprint density at radius 1 is 0.660 bits per heavy atom. The van der Waals surface area contributed by atoms with E-state index in [1.807, 2.05) is 36.5 Å². The zero-order valence-corrected chi connectivity index (χ0v) is 28.3. The summed E-state index contributed by atoms with van der Waals surface area (Å²) < 4.78 is 2.42. The van der Waals surface area contributed by atoms with E-state index in [1.165, 1.54) is 38.9 Å². The Morgan fingerprint density at radius 3 is 2.16 bits per heavy atom. The van der Waals surface area contributed by atoms with E-state index in [2.05, 4.69) is 164 Å². The van der Waals surface area contributed by atoms with Gasteiger partial charge in [0.15, 0.2) is 0 Å². The zero-order chi connectivity index (χ0) is 34.8. The maximum Gasteiger partial charge on any atom is 0.0637 e. The van der Waals surface area contributed by atoms with Crippen molar-refractivity contribution >= 4 is 22.7 Å². The van der Waals surface area contributed by atoms with Crippen LogP contribution in [0.15, 0.2) is 219 Å². The lowest BCUT2D eigenvalue weighted by atomic mass is 9.82. The molecule has 7 rings (SSSR count). The number of para-hydroxylation sites is 2. The van der Waals surface area contributed by atoms with E-state index in [4.69, 9.17) is 0 Å². The number of fused-ring (bicyclic) bond motifs is 7. The van der Waals surface area contributed by atoms with Gasteiger partial charge in [-0.1, -0.05) is 161 Å². The van der Waals surface area contributed by atoms with Crippen molar-refractivity contribution in [2.45, 2.75) is 12.0 Å². The van der Waals surface area contributed by atoms with E-state index < -0.39 is 0 Å².